The lowest BCUT2D eigenvalue weighted by molar-refractivity contribution is -0.147. The lowest BCUT2D eigenvalue weighted by Gasteiger charge is -2.35. The van der Waals surface area contributed by atoms with Gasteiger partial charge in [-0.25, -0.2) is 0 Å². The lowest BCUT2D eigenvalue weighted by atomic mass is 9.90. The maximum absolute atomic E-state index is 12.6. The van der Waals surface area contributed by atoms with Crippen LogP contribution in [0.5, 0.6) is 0 Å². The van der Waals surface area contributed by atoms with Crippen LogP contribution in [0, 0.1) is 0 Å². The van der Waals surface area contributed by atoms with Gasteiger partial charge in [0.25, 0.3) is 5.91 Å². The van der Waals surface area contributed by atoms with Crippen molar-refractivity contribution in [1.29, 1.82) is 0 Å². The standard InChI is InChI=1S/C16H23BrN2O2/c1-12(11-13-5-3-4-6-14(13)17)19-15(20)16(21-2)7-9-18-10-8-16/h3-6,12,18H,7-11H2,1-2H3,(H,19,20). The molecule has 0 spiro atoms. The largest absolute Gasteiger partial charge is 0.368 e. The van der Waals surface area contributed by atoms with Gasteiger partial charge < -0.3 is 15.4 Å². The second-order valence-electron chi connectivity index (χ2n) is 5.62. The minimum absolute atomic E-state index is 0.00561. The lowest BCUT2D eigenvalue weighted by Crippen LogP contribution is -2.55. The van der Waals surface area contributed by atoms with E-state index in [4.69, 9.17) is 4.74 Å². The summed E-state index contributed by atoms with van der Waals surface area (Å²) < 4.78 is 6.63. The van der Waals surface area contributed by atoms with E-state index in [9.17, 15) is 4.79 Å². The Morgan fingerprint density at radius 2 is 2.10 bits per heavy atom. The molecule has 0 aromatic heterocycles. The second-order valence-corrected chi connectivity index (χ2v) is 6.47. The van der Waals surface area contributed by atoms with Gasteiger partial charge in [-0.3, -0.25) is 4.79 Å². The summed E-state index contributed by atoms with van der Waals surface area (Å²) in [5.74, 6) is 0.00561. The molecule has 116 valence electrons. The Bertz CT molecular complexity index is 487. The summed E-state index contributed by atoms with van der Waals surface area (Å²) in [7, 11) is 1.63. The molecule has 1 unspecified atom stereocenters. The zero-order valence-electron chi connectivity index (χ0n) is 12.6. The molecule has 2 N–H and O–H groups in total. The molecule has 1 saturated heterocycles. The van der Waals surface area contributed by atoms with E-state index < -0.39 is 5.60 Å². The van der Waals surface area contributed by atoms with E-state index in [-0.39, 0.29) is 11.9 Å². The Balaban J connectivity index is 1.97. The van der Waals surface area contributed by atoms with Crippen molar-refractivity contribution >= 4 is 21.8 Å². The molecule has 2 rings (SSSR count). The number of rotatable bonds is 5. The fourth-order valence-corrected chi connectivity index (χ4v) is 3.20. The van der Waals surface area contributed by atoms with Gasteiger partial charge in [0.1, 0.15) is 5.60 Å². The van der Waals surface area contributed by atoms with E-state index in [1.807, 2.05) is 25.1 Å². The molecular formula is C16H23BrN2O2. The minimum atomic E-state index is -0.673. The van der Waals surface area contributed by atoms with Crippen molar-refractivity contribution in [3.05, 3.63) is 34.3 Å². The van der Waals surface area contributed by atoms with Crippen molar-refractivity contribution in [2.75, 3.05) is 20.2 Å². The van der Waals surface area contributed by atoms with Crippen LogP contribution < -0.4 is 10.6 Å². The van der Waals surface area contributed by atoms with Crippen molar-refractivity contribution in [3.8, 4) is 0 Å². The highest BCUT2D eigenvalue weighted by Gasteiger charge is 2.40. The van der Waals surface area contributed by atoms with E-state index in [1.165, 1.54) is 5.56 Å². The maximum Gasteiger partial charge on any atom is 0.252 e. The van der Waals surface area contributed by atoms with Gasteiger partial charge in [0.05, 0.1) is 0 Å². The quantitative estimate of drug-likeness (QED) is 0.852. The van der Waals surface area contributed by atoms with Crippen LogP contribution in [-0.4, -0.2) is 37.7 Å². The number of ether oxygens (including phenoxy) is 1. The predicted molar refractivity (Wildman–Crippen MR) is 87.3 cm³/mol. The van der Waals surface area contributed by atoms with Gasteiger partial charge in [0.15, 0.2) is 0 Å². The topological polar surface area (TPSA) is 50.4 Å². The fourth-order valence-electron chi connectivity index (χ4n) is 2.75. The smallest absolute Gasteiger partial charge is 0.252 e. The minimum Gasteiger partial charge on any atom is -0.368 e. The van der Waals surface area contributed by atoms with Gasteiger partial charge in [-0.2, -0.15) is 0 Å². The number of piperidine rings is 1. The van der Waals surface area contributed by atoms with Crippen LogP contribution in [0.15, 0.2) is 28.7 Å². The molecule has 1 aliphatic rings. The maximum atomic E-state index is 12.6. The van der Waals surface area contributed by atoms with Crippen molar-refractivity contribution in [3.63, 3.8) is 0 Å². The molecule has 1 amide bonds. The molecule has 1 atom stereocenters. The van der Waals surface area contributed by atoms with E-state index in [0.717, 1.165) is 36.8 Å². The van der Waals surface area contributed by atoms with Gasteiger partial charge in [0, 0.05) is 17.6 Å². The first-order valence-corrected chi connectivity index (χ1v) is 8.17. The van der Waals surface area contributed by atoms with Crippen LogP contribution in [0.4, 0.5) is 0 Å². The highest BCUT2D eigenvalue weighted by molar-refractivity contribution is 9.10. The first kappa shape index (κ1) is 16.5. The summed E-state index contributed by atoms with van der Waals surface area (Å²) in [6, 6.07) is 8.17. The fraction of sp³-hybridized carbons (Fsp3) is 0.562. The monoisotopic (exact) mass is 354 g/mol. The number of carbonyl (C=O) groups is 1. The normalized spacial score (nSPS) is 19.0. The van der Waals surface area contributed by atoms with Crippen molar-refractivity contribution < 1.29 is 9.53 Å². The molecule has 4 nitrogen and oxygen atoms in total. The van der Waals surface area contributed by atoms with Gasteiger partial charge in [-0.05, 0) is 50.9 Å². The summed E-state index contributed by atoms with van der Waals surface area (Å²) in [5.41, 5.74) is 0.523. The van der Waals surface area contributed by atoms with Gasteiger partial charge in [-0.1, -0.05) is 34.1 Å². The van der Waals surface area contributed by atoms with Crippen LogP contribution in [0.1, 0.15) is 25.3 Å². The first-order chi connectivity index (χ1) is 10.1. The SMILES string of the molecule is COC1(C(=O)NC(C)Cc2ccccc2Br)CCNCC1. The van der Waals surface area contributed by atoms with Crippen molar-refractivity contribution in [2.24, 2.45) is 0 Å². The number of carbonyl (C=O) groups excluding carboxylic acids is 1. The van der Waals surface area contributed by atoms with Crippen LogP contribution >= 0.6 is 15.9 Å². The molecule has 1 aliphatic heterocycles. The van der Waals surface area contributed by atoms with E-state index in [2.05, 4.69) is 32.6 Å². The Morgan fingerprint density at radius 3 is 2.71 bits per heavy atom. The van der Waals surface area contributed by atoms with Crippen LogP contribution in [0.3, 0.4) is 0 Å². The molecule has 5 heteroatoms. The Hall–Kier alpha value is -0.910. The zero-order chi connectivity index (χ0) is 15.3. The molecule has 0 saturated carbocycles. The number of methoxy groups -OCH3 is 1. The third kappa shape index (κ3) is 4.05. The average molecular weight is 355 g/mol. The first-order valence-electron chi connectivity index (χ1n) is 7.37. The summed E-state index contributed by atoms with van der Waals surface area (Å²) in [6.07, 6.45) is 2.24. The zero-order valence-corrected chi connectivity index (χ0v) is 14.2. The molecule has 1 aromatic carbocycles. The highest BCUT2D eigenvalue weighted by atomic mass is 79.9. The number of nitrogens with one attached hydrogen (secondary N) is 2. The number of hydrogen-bond donors (Lipinski definition) is 2. The molecule has 0 radical (unpaired) electrons. The van der Waals surface area contributed by atoms with Gasteiger partial charge >= 0.3 is 0 Å². The van der Waals surface area contributed by atoms with Crippen LogP contribution in [-0.2, 0) is 16.0 Å². The second kappa shape index (κ2) is 7.38. The summed E-state index contributed by atoms with van der Waals surface area (Å²) >= 11 is 3.55. The summed E-state index contributed by atoms with van der Waals surface area (Å²) in [6.45, 7) is 3.67. The van der Waals surface area contributed by atoms with Crippen LogP contribution in [0.2, 0.25) is 0 Å². The van der Waals surface area contributed by atoms with E-state index >= 15 is 0 Å². The number of hydrogen-bond acceptors (Lipinski definition) is 3. The average Bonchev–Trinajstić information content (AvgIpc) is 2.50. The molecule has 21 heavy (non-hydrogen) atoms. The third-order valence-electron chi connectivity index (χ3n) is 4.08. The number of halogens is 1. The molecule has 1 heterocycles. The summed E-state index contributed by atoms with van der Waals surface area (Å²) in [5, 5.41) is 6.37. The highest BCUT2D eigenvalue weighted by Crippen LogP contribution is 2.23. The molecular weight excluding hydrogens is 332 g/mol. The van der Waals surface area contributed by atoms with Crippen molar-refractivity contribution in [1.82, 2.24) is 10.6 Å². The number of amides is 1. The Kier molecular flexibility index (Phi) is 5.79. The van der Waals surface area contributed by atoms with E-state index in [1.54, 1.807) is 7.11 Å². The van der Waals surface area contributed by atoms with E-state index in [0.29, 0.717) is 0 Å². The van der Waals surface area contributed by atoms with Gasteiger partial charge in [0.2, 0.25) is 0 Å². The molecule has 1 aromatic rings. The predicted octanol–water partition coefficient (Wildman–Crippen LogP) is 2.26. The molecule has 0 aliphatic carbocycles. The Morgan fingerprint density at radius 1 is 1.43 bits per heavy atom. The molecule has 0 bridgehead atoms. The number of benzene rings is 1. The third-order valence-corrected chi connectivity index (χ3v) is 4.85. The van der Waals surface area contributed by atoms with Crippen LogP contribution in [0.25, 0.3) is 0 Å². The van der Waals surface area contributed by atoms with Gasteiger partial charge in [-0.15, -0.1) is 0 Å². The molecule has 1 fully saturated rings. The summed E-state index contributed by atoms with van der Waals surface area (Å²) in [4.78, 5) is 12.6. The Labute approximate surface area is 134 Å². The van der Waals surface area contributed by atoms with Crippen molar-refractivity contribution in [2.45, 2.75) is 37.8 Å².